The molecule has 21 heavy (non-hydrogen) atoms. The van der Waals surface area contributed by atoms with Crippen LogP contribution >= 0.6 is 0 Å². The molecule has 0 amide bonds. The van der Waals surface area contributed by atoms with Crippen molar-refractivity contribution in [1.29, 1.82) is 0 Å². The van der Waals surface area contributed by atoms with E-state index in [0.717, 1.165) is 0 Å². The van der Waals surface area contributed by atoms with Crippen molar-refractivity contribution in [2.24, 2.45) is 7.05 Å². The second kappa shape index (κ2) is 5.57. The van der Waals surface area contributed by atoms with Gasteiger partial charge in [0.25, 0.3) is 10.0 Å². The lowest BCUT2D eigenvalue weighted by atomic mass is 10.2. The minimum Gasteiger partial charge on any atom is -0.465 e. The number of carbonyl (C=O) groups excluding carboxylic acids is 1. The van der Waals surface area contributed by atoms with Gasteiger partial charge in [0.05, 0.1) is 18.4 Å². The number of hydrogen-bond donors (Lipinski definition) is 1. The molecular weight excluding hydrogens is 294 g/mol. The smallest absolute Gasteiger partial charge is 0.339 e. The van der Waals surface area contributed by atoms with Crippen molar-refractivity contribution < 1.29 is 17.9 Å². The maximum atomic E-state index is 12.4. The van der Waals surface area contributed by atoms with Crippen LogP contribution in [0, 0.1) is 6.92 Å². The SMILES string of the molecule is COC(=O)c1ccccc1S(=O)(=O)Nc1cc(C)nn1C. The number of nitrogens with one attached hydrogen (secondary N) is 1. The molecule has 8 heteroatoms. The summed E-state index contributed by atoms with van der Waals surface area (Å²) in [5.74, 6) is -0.399. The average Bonchev–Trinajstić information content (AvgIpc) is 2.75. The Bertz CT molecular complexity index is 780. The van der Waals surface area contributed by atoms with E-state index < -0.39 is 16.0 Å². The second-order valence-electron chi connectivity index (χ2n) is 4.39. The lowest BCUT2D eigenvalue weighted by molar-refractivity contribution is 0.0596. The minimum absolute atomic E-state index is 0.0219. The van der Waals surface area contributed by atoms with E-state index in [-0.39, 0.29) is 10.5 Å². The Labute approximate surface area is 122 Å². The molecule has 1 aromatic heterocycles. The topological polar surface area (TPSA) is 90.3 Å². The zero-order chi connectivity index (χ0) is 15.6. The fourth-order valence-electron chi connectivity index (χ4n) is 1.88. The van der Waals surface area contributed by atoms with E-state index >= 15 is 0 Å². The number of esters is 1. The Morgan fingerprint density at radius 1 is 1.33 bits per heavy atom. The molecule has 112 valence electrons. The van der Waals surface area contributed by atoms with Crippen LogP contribution in [0.1, 0.15) is 16.1 Å². The van der Waals surface area contributed by atoms with Crippen molar-refractivity contribution in [3.8, 4) is 0 Å². The summed E-state index contributed by atoms with van der Waals surface area (Å²) in [5.41, 5.74) is 0.655. The van der Waals surface area contributed by atoms with Gasteiger partial charge in [-0.15, -0.1) is 0 Å². The third-order valence-electron chi connectivity index (χ3n) is 2.82. The molecule has 0 unspecified atom stereocenters. The van der Waals surface area contributed by atoms with Crippen molar-refractivity contribution >= 4 is 21.8 Å². The summed E-state index contributed by atoms with van der Waals surface area (Å²) < 4.78 is 33.3. The third-order valence-corrected chi connectivity index (χ3v) is 4.24. The molecule has 0 aliphatic rings. The van der Waals surface area contributed by atoms with E-state index in [1.807, 2.05) is 0 Å². The number of aryl methyl sites for hydroxylation is 2. The van der Waals surface area contributed by atoms with Crippen LogP contribution in [0.2, 0.25) is 0 Å². The highest BCUT2D eigenvalue weighted by Crippen LogP contribution is 2.20. The molecule has 0 bridgehead atoms. The van der Waals surface area contributed by atoms with Gasteiger partial charge in [0, 0.05) is 13.1 Å². The van der Waals surface area contributed by atoms with Crippen molar-refractivity contribution in [3.05, 3.63) is 41.6 Å². The molecule has 0 spiro atoms. The molecule has 0 fully saturated rings. The van der Waals surface area contributed by atoms with Crippen LogP contribution in [0.5, 0.6) is 0 Å². The largest absolute Gasteiger partial charge is 0.465 e. The second-order valence-corrected chi connectivity index (χ2v) is 6.04. The zero-order valence-corrected chi connectivity index (χ0v) is 12.6. The number of methoxy groups -OCH3 is 1. The molecule has 0 atom stereocenters. The average molecular weight is 309 g/mol. The molecule has 2 rings (SSSR count). The van der Waals surface area contributed by atoms with Gasteiger partial charge in [-0.1, -0.05) is 12.1 Å². The monoisotopic (exact) mass is 309 g/mol. The molecule has 0 radical (unpaired) electrons. The molecule has 1 aromatic carbocycles. The molecule has 0 aliphatic carbocycles. The quantitative estimate of drug-likeness (QED) is 0.860. The number of nitrogens with zero attached hydrogens (tertiary/aromatic N) is 2. The highest BCUT2D eigenvalue weighted by Gasteiger charge is 2.23. The predicted molar refractivity (Wildman–Crippen MR) is 76.5 cm³/mol. The number of ether oxygens (including phenoxy) is 1. The molecule has 0 aliphatic heterocycles. The Balaban J connectivity index is 2.45. The van der Waals surface area contributed by atoms with Gasteiger partial charge in [-0.05, 0) is 19.1 Å². The summed E-state index contributed by atoms with van der Waals surface area (Å²) in [7, 11) is -1.10. The summed E-state index contributed by atoms with van der Waals surface area (Å²) in [5, 5.41) is 4.06. The number of sulfonamides is 1. The van der Waals surface area contributed by atoms with Gasteiger partial charge in [-0.25, -0.2) is 13.2 Å². The Morgan fingerprint density at radius 2 is 2.00 bits per heavy atom. The molecule has 1 heterocycles. The van der Waals surface area contributed by atoms with E-state index in [9.17, 15) is 13.2 Å². The van der Waals surface area contributed by atoms with E-state index in [2.05, 4.69) is 14.6 Å². The maximum Gasteiger partial charge on any atom is 0.339 e. The summed E-state index contributed by atoms with van der Waals surface area (Å²) in [6.45, 7) is 1.75. The van der Waals surface area contributed by atoms with Crippen molar-refractivity contribution in [3.63, 3.8) is 0 Å². The van der Waals surface area contributed by atoms with Gasteiger partial charge >= 0.3 is 5.97 Å². The number of hydrogen-bond acceptors (Lipinski definition) is 5. The third kappa shape index (κ3) is 3.05. The van der Waals surface area contributed by atoms with Crippen LogP contribution < -0.4 is 4.72 Å². The van der Waals surface area contributed by atoms with Crippen molar-refractivity contribution in [2.45, 2.75) is 11.8 Å². The van der Waals surface area contributed by atoms with Gasteiger partial charge in [0.2, 0.25) is 0 Å². The van der Waals surface area contributed by atoms with Gasteiger partial charge in [-0.3, -0.25) is 9.40 Å². The lowest BCUT2D eigenvalue weighted by Crippen LogP contribution is -2.19. The van der Waals surface area contributed by atoms with Crippen LogP contribution in [-0.2, 0) is 21.8 Å². The summed E-state index contributed by atoms with van der Waals surface area (Å²) in [4.78, 5) is 11.5. The number of aromatic nitrogens is 2. The minimum atomic E-state index is -3.92. The Morgan fingerprint density at radius 3 is 2.57 bits per heavy atom. The molecule has 2 aromatic rings. The normalized spacial score (nSPS) is 11.2. The fraction of sp³-hybridized carbons (Fsp3) is 0.231. The standard InChI is InChI=1S/C13H15N3O4S/c1-9-8-12(16(2)14-9)15-21(18,19)11-7-5-4-6-10(11)13(17)20-3/h4-8,15H,1-3H3. The van der Waals surface area contributed by atoms with Crippen LogP contribution in [0.3, 0.4) is 0 Å². The summed E-state index contributed by atoms with van der Waals surface area (Å²) in [6.07, 6.45) is 0. The van der Waals surface area contributed by atoms with Crippen LogP contribution in [0.4, 0.5) is 5.82 Å². The predicted octanol–water partition coefficient (Wildman–Crippen LogP) is 1.32. The molecule has 0 saturated heterocycles. The summed E-state index contributed by atoms with van der Waals surface area (Å²) >= 11 is 0. The zero-order valence-electron chi connectivity index (χ0n) is 11.8. The first kappa shape index (κ1) is 15.0. The van der Waals surface area contributed by atoms with Crippen LogP contribution in [0.15, 0.2) is 35.2 Å². The number of rotatable bonds is 4. The van der Waals surface area contributed by atoms with E-state index in [4.69, 9.17) is 0 Å². The Hall–Kier alpha value is -2.35. The summed E-state index contributed by atoms with van der Waals surface area (Å²) in [6, 6.07) is 7.44. The van der Waals surface area contributed by atoms with Crippen LogP contribution in [0.25, 0.3) is 0 Å². The first-order chi connectivity index (χ1) is 9.85. The van der Waals surface area contributed by atoms with E-state index in [1.165, 1.54) is 30.0 Å². The van der Waals surface area contributed by atoms with Gasteiger partial charge in [0.15, 0.2) is 0 Å². The molecule has 1 N–H and O–H groups in total. The molecule has 7 nitrogen and oxygen atoms in total. The fourth-order valence-corrected chi connectivity index (χ4v) is 3.15. The number of benzene rings is 1. The first-order valence-corrected chi connectivity index (χ1v) is 7.54. The highest BCUT2D eigenvalue weighted by molar-refractivity contribution is 7.92. The van der Waals surface area contributed by atoms with Crippen molar-refractivity contribution in [2.75, 3.05) is 11.8 Å². The van der Waals surface area contributed by atoms with Crippen LogP contribution in [-0.4, -0.2) is 31.3 Å². The molecule has 0 saturated carbocycles. The van der Waals surface area contributed by atoms with Gasteiger partial charge < -0.3 is 4.74 Å². The number of anilines is 1. The van der Waals surface area contributed by atoms with E-state index in [0.29, 0.717) is 11.5 Å². The Kier molecular flexibility index (Phi) is 3.99. The maximum absolute atomic E-state index is 12.4. The van der Waals surface area contributed by atoms with Gasteiger partial charge in [0.1, 0.15) is 10.7 Å². The molecular formula is C13H15N3O4S. The first-order valence-electron chi connectivity index (χ1n) is 6.06. The highest BCUT2D eigenvalue weighted by atomic mass is 32.2. The number of carbonyl (C=O) groups is 1. The van der Waals surface area contributed by atoms with E-state index in [1.54, 1.807) is 26.1 Å². The lowest BCUT2D eigenvalue weighted by Gasteiger charge is -2.11. The van der Waals surface area contributed by atoms with Gasteiger partial charge in [-0.2, -0.15) is 5.10 Å². The van der Waals surface area contributed by atoms with Crippen molar-refractivity contribution in [1.82, 2.24) is 9.78 Å².